The molecule has 0 radical (unpaired) electrons. The molecule has 128 valence electrons. The molecule has 2 aliphatic carbocycles. The van der Waals surface area contributed by atoms with E-state index in [0.717, 1.165) is 29.7 Å². The number of sulfonamides is 1. The van der Waals surface area contributed by atoms with E-state index in [1.54, 1.807) is 6.07 Å². The Balaban J connectivity index is 1.80. The normalized spacial score (nSPS) is 19.1. The lowest BCUT2D eigenvalue weighted by Crippen LogP contribution is -2.12. The molecule has 4 nitrogen and oxygen atoms in total. The fraction of sp³-hybridized carbons (Fsp3) is 0.250. The lowest BCUT2D eigenvalue weighted by atomic mass is 9.88. The van der Waals surface area contributed by atoms with Crippen LogP contribution in [0.25, 0.3) is 11.1 Å². The maximum absolute atomic E-state index is 11.5. The highest BCUT2D eigenvalue weighted by atomic mass is 32.2. The van der Waals surface area contributed by atoms with Crippen LogP contribution in [0.2, 0.25) is 0 Å². The minimum absolute atomic E-state index is 0.0377. The van der Waals surface area contributed by atoms with Crippen LogP contribution in [-0.2, 0) is 10.0 Å². The molecule has 0 unspecified atom stereocenters. The third-order valence-electron chi connectivity index (χ3n) is 5.11. The summed E-state index contributed by atoms with van der Waals surface area (Å²) in [6.07, 6.45) is 10.8. The Morgan fingerprint density at radius 3 is 2.20 bits per heavy atom. The van der Waals surface area contributed by atoms with Gasteiger partial charge in [-0.25, -0.2) is 13.6 Å². The molecule has 1 aromatic heterocycles. The first-order chi connectivity index (χ1) is 12.0. The van der Waals surface area contributed by atoms with Gasteiger partial charge in [-0.05, 0) is 36.1 Å². The van der Waals surface area contributed by atoms with Gasteiger partial charge in [-0.3, -0.25) is 4.98 Å². The van der Waals surface area contributed by atoms with Gasteiger partial charge in [0.15, 0.2) is 0 Å². The summed E-state index contributed by atoms with van der Waals surface area (Å²) in [5.41, 5.74) is 4.31. The third kappa shape index (κ3) is 3.05. The molecule has 4 rings (SSSR count). The number of allylic oxidation sites excluding steroid dienone is 4. The van der Waals surface area contributed by atoms with E-state index in [1.807, 2.05) is 18.2 Å². The van der Waals surface area contributed by atoms with Gasteiger partial charge in [0.1, 0.15) is 4.90 Å². The average Bonchev–Trinajstić information content (AvgIpc) is 3.23. The van der Waals surface area contributed by atoms with Crippen molar-refractivity contribution in [1.82, 2.24) is 4.98 Å². The molecule has 5 heteroatoms. The Kier molecular flexibility index (Phi) is 3.85. The summed E-state index contributed by atoms with van der Waals surface area (Å²) in [5.74, 6) is 0. The number of benzene rings is 1. The minimum atomic E-state index is -3.73. The molecule has 1 heterocycles. The van der Waals surface area contributed by atoms with Gasteiger partial charge in [-0.1, -0.05) is 55.3 Å². The van der Waals surface area contributed by atoms with Crippen LogP contribution in [0.5, 0.6) is 0 Å². The second-order valence-corrected chi connectivity index (χ2v) is 8.41. The highest BCUT2D eigenvalue weighted by Crippen LogP contribution is 2.51. The van der Waals surface area contributed by atoms with Gasteiger partial charge >= 0.3 is 0 Å². The smallest absolute Gasteiger partial charge is 0.239 e. The zero-order chi connectivity index (χ0) is 17.5. The molecule has 0 bridgehead atoms. The second kappa shape index (κ2) is 5.93. The number of primary sulfonamides is 1. The summed E-state index contributed by atoms with van der Waals surface area (Å²) in [5, 5.41) is 5.18. The molecule has 2 aromatic rings. The van der Waals surface area contributed by atoms with Crippen molar-refractivity contribution in [3.8, 4) is 0 Å². The van der Waals surface area contributed by atoms with Crippen LogP contribution in [-0.4, -0.2) is 13.4 Å². The quantitative estimate of drug-likeness (QED) is 0.914. The molecule has 1 fully saturated rings. The highest BCUT2D eigenvalue weighted by Gasteiger charge is 2.36. The van der Waals surface area contributed by atoms with Crippen molar-refractivity contribution < 1.29 is 8.42 Å². The predicted octanol–water partition coefficient (Wildman–Crippen LogP) is 3.77. The number of aromatic nitrogens is 1. The molecular weight excluding hydrogens is 332 g/mol. The summed E-state index contributed by atoms with van der Waals surface area (Å²) < 4.78 is 22.9. The first-order valence-electron chi connectivity index (χ1n) is 8.48. The number of hydrogen-bond acceptors (Lipinski definition) is 3. The molecule has 1 saturated carbocycles. The van der Waals surface area contributed by atoms with Crippen molar-refractivity contribution in [2.75, 3.05) is 0 Å². The Morgan fingerprint density at radius 1 is 0.920 bits per heavy atom. The van der Waals surface area contributed by atoms with Gasteiger partial charge in [0.2, 0.25) is 10.0 Å². The fourth-order valence-electron chi connectivity index (χ4n) is 3.87. The number of nitrogens with zero attached hydrogens (tertiary/aromatic N) is 1. The molecule has 0 atom stereocenters. The SMILES string of the molecule is NS(=O)(=O)c1ccc(C2=CC3(C=C2c2ccccc2)CCCC3)nc1. The van der Waals surface area contributed by atoms with E-state index in [2.05, 4.69) is 29.3 Å². The van der Waals surface area contributed by atoms with Crippen molar-refractivity contribution in [2.24, 2.45) is 10.6 Å². The summed E-state index contributed by atoms with van der Waals surface area (Å²) in [6, 6.07) is 13.6. The van der Waals surface area contributed by atoms with Crippen molar-refractivity contribution in [1.29, 1.82) is 0 Å². The maximum atomic E-state index is 11.5. The van der Waals surface area contributed by atoms with E-state index in [9.17, 15) is 8.42 Å². The summed E-state index contributed by atoms with van der Waals surface area (Å²) >= 11 is 0. The minimum Gasteiger partial charge on any atom is -0.255 e. The van der Waals surface area contributed by atoms with Gasteiger partial charge in [0, 0.05) is 17.2 Å². The van der Waals surface area contributed by atoms with Crippen LogP contribution in [0.4, 0.5) is 0 Å². The van der Waals surface area contributed by atoms with Gasteiger partial charge in [-0.15, -0.1) is 0 Å². The Hall–Kier alpha value is -2.24. The first kappa shape index (κ1) is 16.2. The molecule has 1 spiro atoms. The molecule has 25 heavy (non-hydrogen) atoms. The largest absolute Gasteiger partial charge is 0.255 e. The molecule has 0 saturated heterocycles. The second-order valence-electron chi connectivity index (χ2n) is 6.85. The molecule has 2 aliphatic rings. The van der Waals surface area contributed by atoms with Crippen LogP contribution in [0.3, 0.4) is 0 Å². The van der Waals surface area contributed by atoms with Crippen LogP contribution in [0.1, 0.15) is 36.9 Å². The van der Waals surface area contributed by atoms with Crippen LogP contribution < -0.4 is 5.14 Å². The Bertz CT molecular complexity index is 953. The van der Waals surface area contributed by atoms with Crippen molar-refractivity contribution in [2.45, 2.75) is 30.6 Å². The topological polar surface area (TPSA) is 73.1 Å². The monoisotopic (exact) mass is 352 g/mol. The number of pyridine rings is 1. The highest BCUT2D eigenvalue weighted by molar-refractivity contribution is 7.89. The summed E-state index contributed by atoms with van der Waals surface area (Å²) in [7, 11) is -3.73. The lowest BCUT2D eigenvalue weighted by molar-refractivity contribution is 0.523. The van der Waals surface area contributed by atoms with Crippen LogP contribution in [0, 0.1) is 5.41 Å². The van der Waals surface area contributed by atoms with E-state index in [4.69, 9.17) is 5.14 Å². The van der Waals surface area contributed by atoms with Gasteiger partial charge in [0.25, 0.3) is 0 Å². The van der Waals surface area contributed by atoms with Crippen LogP contribution >= 0.6 is 0 Å². The van der Waals surface area contributed by atoms with E-state index < -0.39 is 10.0 Å². The number of nitrogens with two attached hydrogens (primary N) is 1. The van der Waals surface area contributed by atoms with Crippen LogP contribution in [0.15, 0.2) is 65.7 Å². The van der Waals surface area contributed by atoms with Gasteiger partial charge in [0.05, 0.1) is 5.69 Å². The molecule has 0 aliphatic heterocycles. The van der Waals surface area contributed by atoms with Crippen molar-refractivity contribution >= 4 is 21.2 Å². The maximum Gasteiger partial charge on any atom is 0.239 e. The standard InChI is InChI=1S/C20H20N2O2S/c21-25(23,24)16-8-9-19(22-14-16)18-13-20(10-4-5-11-20)12-17(18)15-6-2-1-3-7-15/h1-3,6-9,12-14H,4-5,10-11H2,(H2,21,23,24). The Morgan fingerprint density at radius 2 is 1.60 bits per heavy atom. The van der Waals surface area contributed by atoms with E-state index >= 15 is 0 Å². The molecule has 2 N–H and O–H groups in total. The first-order valence-corrected chi connectivity index (χ1v) is 10.0. The van der Waals surface area contributed by atoms with Gasteiger partial charge in [-0.2, -0.15) is 0 Å². The third-order valence-corrected chi connectivity index (χ3v) is 6.01. The van der Waals surface area contributed by atoms with E-state index in [-0.39, 0.29) is 10.3 Å². The average molecular weight is 352 g/mol. The zero-order valence-corrected chi connectivity index (χ0v) is 14.7. The molecular formula is C20H20N2O2S. The summed E-state index contributed by atoms with van der Waals surface area (Å²) in [4.78, 5) is 4.43. The van der Waals surface area contributed by atoms with Crippen molar-refractivity contribution in [3.05, 3.63) is 72.1 Å². The zero-order valence-electron chi connectivity index (χ0n) is 13.9. The van der Waals surface area contributed by atoms with Crippen molar-refractivity contribution in [3.63, 3.8) is 0 Å². The fourth-order valence-corrected chi connectivity index (χ4v) is 4.33. The molecule has 1 aromatic carbocycles. The summed E-state index contributed by atoms with van der Waals surface area (Å²) in [6.45, 7) is 0. The molecule has 0 amide bonds. The predicted molar refractivity (Wildman–Crippen MR) is 98.9 cm³/mol. The Labute approximate surface area is 148 Å². The van der Waals surface area contributed by atoms with E-state index in [0.29, 0.717) is 0 Å². The van der Waals surface area contributed by atoms with E-state index in [1.165, 1.54) is 30.7 Å². The lowest BCUT2D eigenvalue weighted by Gasteiger charge is -2.16. The number of hydrogen-bond donors (Lipinski definition) is 1. The number of rotatable bonds is 3. The van der Waals surface area contributed by atoms with Gasteiger partial charge < -0.3 is 0 Å².